The van der Waals surface area contributed by atoms with Gasteiger partial charge < -0.3 is 15.5 Å². The van der Waals surface area contributed by atoms with Crippen molar-refractivity contribution in [1.29, 1.82) is 0 Å². The number of carbonyl (C=O) groups excluding carboxylic acids is 2. The lowest BCUT2D eigenvalue weighted by atomic mass is 9.94. The Hall–Kier alpha value is -1.10. The smallest absolute Gasteiger partial charge is 0.281 e. The highest BCUT2D eigenvalue weighted by atomic mass is 16.2. The van der Waals surface area contributed by atoms with E-state index in [1.54, 1.807) is 0 Å². The minimum Gasteiger partial charge on any atom is -0.369 e. The molecule has 0 aliphatic carbocycles. The molecule has 2 fully saturated rings. The Morgan fingerprint density at radius 3 is 2.33 bits per heavy atom. The maximum Gasteiger partial charge on any atom is 0.281 e. The maximum atomic E-state index is 12.9. The van der Waals surface area contributed by atoms with Gasteiger partial charge in [0.05, 0.1) is 19.0 Å². The van der Waals surface area contributed by atoms with Crippen LogP contribution in [0.4, 0.5) is 0 Å². The summed E-state index contributed by atoms with van der Waals surface area (Å²) in [5.74, 6) is -0.0402. The second-order valence-electron chi connectivity index (χ2n) is 6.95. The van der Waals surface area contributed by atoms with Gasteiger partial charge in [0.25, 0.3) is 5.91 Å². The Morgan fingerprint density at radius 1 is 1.14 bits per heavy atom. The molecule has 0 aromatic heterocycles. The van der Waals surface area contributed by atoms with Gasteiger partial charge in [-0.1, -0.05) is 0 Å². The molecule has 120 valence electrons. The van der Waals surface area contributed by atoms with Crippen molar-refractivity contribution in [3.63, 3.8) is 0 Å². The molecule has 2 heterocycles. The molecule has 1 unspecified atom stereocenters. The van der Waals surface area contributed by atoms with Gasteiger partial charge in [-0.3, -0.25) is 9.59 Å². The van der Waals surface area contributed by atoms with Crippen molar-refractivity contribution in [3.05, 3.63) is 0 Å². The van der Waals surface area contributed by atoms with E-state index in [-0.39, 0.29) is 23.8 Å². The first-order chi connectivity index (χ1) is 9.91. The van der Waals surface area contributed by atoms with E-state index >= 15 is 0 Å². The summed E-state index contributed by atoms with van der Waals surface area (Å²) in [6.07, 6.45) is 5.26. The Kier molecular flexibility index (Phi) is 5.25. The molecule has 2 rings (SSSR count). The van der Waals surface area contributed by atoms with Gasteiger partial charge in [0, 0.05) is 12.1 Å². The SMILES string of the molecule is C[C@@H]1CCC[C@@H](C)N1C(=O)[C@@H](C)[NH+]1CCC[C@H](C(N)=O)C1. The lowest BCUT2D eigenvalue weighted by Crippen LogP contribution is -3.18. The van der Waals surface area contributed by atoms with Crippen LogP contribution in [0.1, 0.15) is 52.9 Å². The lowest BCUT2D eigenvalue weighted by Gasteiger charge is -2.42. The normalized spacial score (nSPS) is 35.3. The highest BCUT2D eigenvalue weighted by molar-refractivity contribution is 5.81. The molecule has 0 aromatic carbocycles. The average Bonchev–Trinajstić information content (AvgIpc) is 2.46. The summed E-state index contributed by atoms with van der Waals surface area (Å²) in [5.41, 5.74) is 5.44. The summed E-state index contributed by atoms with van der Waals surface area (Å²) in [4.78, 5) is 27.6. The van der Waals surface area contributed by atoms with Crippen LogP contribution in [0, 0.1) is 5.92 Å². The molecule has 0 aromatic rings. The van der Waals surface area contributed by atoms with Crippen molar-refractivity contribution in [2.24, 2.45) is 11.7 Å². The third-order valence-electron chi connectivity index (χ3n) is 5.39. The quantitative estimate of drug-likeness (QED) is 0.766. The maximum absolute atomic E-state index is 12.9. The number of hydrogen-bond acceptors (Lipinski definition) is 2. The minimum atomic E-state index is -0.216. The van der Waals surface area contributed by atoms with Crippen molar-refractivity contribution in [3.8, 4) is 0 Å². The van der Waals surface area contributed by atoms with Crippen LogP contribution in [0.3, 0.4) is 0 Å². The summed E-state index contributed by atoms with van der Waals surface area (Å²) in [6, 6.07) is 0.592. The molecule has 0 radical (unpaired) electrons. The largest absolute Gasteiger partial charge is 0.369 e. The summed E-state index contributed by atoms with van der Waals surface area (Å²) in [5, 5.41) is 0. The van der Waals surface area contributed by atoms with Crippen molar-refractivity contribution < 1.29 is 14.5 Å². The van der Waals surface area contributed by atoms with Gasteiger partial charge in [0.2, 0.25) is 5.91 Å². The molecule has 2 aliphatic rings. The average molecular weight is 296 g/mol. The molecule has 3 N–H and O–H groups in total. The summed E-state index contributed by atoms with van der Waals surface area (Å²) >= 11 is 0. The van der Waals surface area contributed by atoms with Gasteiger partial charge in [-0.25, -0.2) is 0 Å². The third kappa shape index (κ3) is 3.57. The number of nitrogens with two attached hydrogens (primary N) is 1. The van der Waals surface area contributed by atoms with E-state index in [0.29, 0.717) is 18.6 Å². The van der Waals surface area contributed by atoms with Crippen molar-refractivity contribution >= 4 is 11.8 Å². The first kappa shape index (κ1) is 16.3. The molecular formula is C16H30N3O2+. The molecule has 21 heavy (non-hydrogen) atoms. The number of quaternary nitrogens is 1. The molecule has 5 heteroatoms. The van der Waals surface area contributed by atoms with Crippen LogP contribution in [0.25, 0.3) is 0 Å². The zero-order valence-corrected chi connectivity index (χ0v) is 13.6. The topological polar surface area (TPSA) is 67.8 Å². The number of rotatable bonds is 3. The predicted octanol–water partition coefficient (Wildman–Crippen LogP) is -0.0554. The van der Waals surface area contributed by atoms with Gasteiger partial charge in [0.15, 0.2) is 6.04 Å². The van der Waals surface area contributed by atoms with Crippen molar-refractivity contribution in [2.75, 3.05) is 13.1 Å². The molecule has 2 saturated heterocycles. The summed E-state index contributed by atoms with van der Waals surface area (Å²) in [6.45, 7) is 7.98. The van der Waals surface area contributed by atoms with Crippen molar-refractivity contribution in [2.45, 2.75) is 71.0 Å². The standard InChI is InChI=1S/C16H29N3O2/c1-11-6-4-7-12(2)19(11)16(21)13(3)18-9-5-8-14(10-18)15(17)20/h11-14H,4-10H2,1-3H3,(H2,17,20)/p+1/t11-,12-,13-,14+/m1/s1. The van der Waals surface area contributed by atoms with Crippen LogP contribution >= 0.6 is 0 Å². The zero-order valence-electron chi connectivity index (χ0n) is 13.6. The molecule has 0 spiro atoms. The number of amides is 2. The predicted molar refractivity (Wildman–Crippen MR) is 81.7 cm³/mol. The van der Waals surface area contributed by atoms with Gasteiger partial charge in [-0.15, -0.1) is 0 Å². The number of carbonyl (C=O) groups is 2. The lowest BCUT2D eigenvalue weighted by molar-refractivity contribution is -0.921. The van der Waals surface area contributed by atoms with Gasteiger partial charge in [-0.2, -0.15) is 0 Å². The summed E-state index contributed by atoms with van der Waals surface area (Å²) in [7, 11) is 0. The van der Waals surface area contributed by atoms with E-state index in [2.05, 4.69) is 18.7 Å². The number of nitrogens with one attached hydrogen (secondary N) is 1. The van der Waals surface area contributed by atoms with Gasteiger partial charge in [0.1, 0.15) is 0 Å². The Bertz CT molecular complexity index is 389. The van der Waals surface area contributed by atoms with E-state index < -0.39 is 0 Å². The van der Waals surface area contributed by atoms with E-state index in [1.165, 1.54) is 11.3 Å². The highest BCUT2D eigenvalue weighted by Gasteiger charge is 2.38. The second-order valence-corrected chi connectivity index (χ2v) is 6.95. The molecule has 0 saturated carbocycles. The monoisotopic (exact) mass is 296 g/mol. The van der Waals surface area contributed by atoms with Gasteiger partial charge >= 0.3 is 0 Å². The van der Waals surface area contributed by atoms with Crippen LogP contribution in [0.2, 0.25) is 0 Å². The van der Waals surface area contributed by atoms with E-state index in [1.807, 2.05) is 6.92 Å². The van der Waals surface area contributed by atoms with Crippen LogP contribution in [-0.2, 0) is 9.59 Å². The molecular weight excluding hydrogens is 266 g/mol. The fourth-order valence-corrected chi connectivity index (χ4v) is 3.99. The fourth-order valence-electron chi connectivity index (χ4n) is 3.99. The van der Waals surface area contributed by atoms with Crippen LogP contribution in [-0.4, -0.2) is 47.9 Å². The first-order valence-corrected chi connectivity index (χ1v) is 8.38. The zero-order chi connectivity index (χ0) is 15.6. The van der Waals surface area contributed by atoms with E-state index in [0.717, 1.165) is 32.2 Å². The molecule has 2 aliphatic heterocycles. The van der Waals surface area contributed by atoms with Crippen molar-refractivity contribution in [1.82, 2.24) is 4.90 Å². The number of hydrogen-bond donors (Lipinski definition) is 2. The van der Waals surface area contributed by atoms with E-state index in [4.69, 9.17) is 5.73 Å². The number of piperidine rings is 2. The summed E-state index contributed by atoms with van der Waals surface area (Å²) < 4.78 is 0. The minimum absolute atomic E-state index is 0.0693. The third-order valence-corrected chi connectivity index (χ3v) is 5.39. The molecule has 5 nitrogen and oxygen atoms in total. The Labute approximate surface area is 127 Å². The second kappa shape index (κ2) is 6.77. The highest BCUT2D eigenvalue weighted by Crippen LogP contribution is 2.23. The number of nitrogens with zero attached hydrogens (tertiary/aromatic N) is 1. The van der Waals surface area contributed by atoms with Gasteiger partial charge in [-0.05, 0) is 52.9 Å². The number of primary amides is 1. The molecule has 5 atom stereocenters. The Balaban J connectivity index is 2.02. The first-order valence-electron chi connectivity index (χ1n) is 8.38. The fraction of sp³-hybridized carbons (Fsp3) is 0.875. The molecule has 2 amide bonds. The van der Waals surface area contributed by atoms with Crippen LogP contribution in [0.15, 0.2) is 0 Å². The Morgan fingerprint density at radius 2 is 1.76 bits per heavy atom. The van der Waals surface area contributed by atoms with E-state index in [9.17, 15) is 9.59 Å². The van der Waals surface area contributed by atoms with Crippen LogP contribution < -0.4 is 10.6 Å². The van der Waals surface area contributed by atoms with Crippen LogP contribution in [0.5, 0.6) is 0 Å². The number of likely N-dealkylation sites (tertiary alicyclic amines) is 2. The molecule has 0 bridgehead atoms.